The van der Waals surface area contributed by atoms with Crippen LogP contribution in [0.25, 0.3) is 10.9 Å². The second kappa shape index (κ2) is 6.93. The van der Waals surface area contributed by atoms with Crippen molar-refractivity contribution in [2.24, 2.45) is 0 Å². The molecule has 2 aromatic carbocycles. The molecule has 0 bridgehead atoms. The van der Waals surface area contributed by atoms with Crippen LogP contribution in [0.5, 0.6) is 5.75 Å². The highest BCUT2D eigenvalue weighted by Gasteiger charge is 2.25. The average Bonchev–Trinajstić information content (AvgIpc) is 3.00. The van der Waals surface area contributed by atoms with E-state index in [1.54, 1.807) is 0 Å². The molecule has 0 amide bonds. The van der Waals surface area contributed by atoms with Gasteiger partial charge in [0.25, 0.3) is 0 Å². The zero-order valence-electron chi connectivity index (χ0n) is 15.1. The van der Waals surface area contributed by atoms with Gasteiger partial charge in [0, 0.05) is 23.1 Å². The van der Waals surface area contributed by atoms with E-state index in [1.807, 2.05) is 0 Å². The van der Waals surface area contributed by atoms with Crippen LogP contribution in [0.2, 0.25) is 0 Å². The Morgan fingerprint density at radius 1 is 1.16 bits per heavy atom. The summed E-state index contributed by atoms with van der Waals surface area (Å²) in [5, 5.41) is 5.05. The lowest BCUT2D eigenvalue weighted by atomic mass is 9.94. The maximum Gasteiger partial charge on any atom is 0.119 e. The predicted molar refractivity (Wildman–Crippen MR) is 103 cm³/mol. The second-order valence-corrected chi connectivity index (χ2v) is 6.98. The molecule has 0 saturated heterocycles. The van der Waals surface area contributed by atoms with Gasteiger partial charge in [0.1, 0.15) is 5.75 Å². The highest BCUT2D eigenvalue weighted by atomic mass is 16.5. The molecule has 3 nitrogen and oxygen atoms in total. The summed E-state index contributed by atoms with van der Waals surface area (Å²) >= 11 is 0. The minimum absolute atomic E-state index is 0.200. The fraction of sp³-hybridized carbons (Fsp3) is 0.364. The van der Waals surface area contributed by atoms with Crippen molar-refractivity contribution in [1.29, 1.82) is 0 Å². The molecule has 0 fully saturated rings. The van der Waals surface area contributed by atoms with Crippen LogP contribution >= 0.6 is 0 Å². The highest BCUT2D eigenvalue weighted by molar-refractivity contribution is 5.86. The Labute approximate surface area is 149 Å². The van der Waals surface area contributed by atoms with Gasteiger partial charge in [0.15, 0.2) is 0 Å². The lowest BCUT2D eigenvalue weighted by Crippen LogP contribution is -2.30. The predicted octanol–water partition coefficient (Wildman–Crippen LogP) is 4.89. The standard InChI is InChI=1S/C22H26N2O/c1-3-4-12-25-17-7-5-6-16(14-17)21-22-18(10-11-23-21)19-13-15(2)8-9-20(19)24-22/h5-9,13-14,21,23-24H,3-4,10-12H2,1-2H3. The van der Waals surface area contributed by atoms with E-state index in [-0.39, 0.29) is 6.04 Å². The number of benzene rings is 2. The van der Waals surface area contributed by atoms with E-state index < -0.39 is 0 Å². The Bertz CT molecular complexity index is 881. The number of H-pyrrole nitrogens is 1. The van der Waals surface area contributed by atoms with Crippen molar-refractivity contribution < 1.29 is 4.74 Å². The van der Waals surface area contributed by atoms with E-state index in [4.69, 9.17) is 4.74 Å². The minimum Gasteiger partial charge on any atom is -0.494 e. The molecular weight excluding hydrogens is 308 g/mol. The third-order valence-corrected chi connectivity index (χ3v) is 5.06. The highest BCUT2D eigenvalue weighted by Crippen LogP contribution is 2.34. The summed E-state index contributed by atoms with van der Waals surface area (Å²) in [7, 11) is 0. The van der Waals surface area contributed by atoms with Gasteiger partial charge in [-0.2, -0.15) is 0 Å². The fourth-order valence-corrected chi connectivity index (χ4v) is 3.74. The van der Waals surface area contributed by atoms with Crippen LogP contribution in [-0.2, 0) is 6.42 Å². The topological polar surface area (TPSA) is 37.0 Å². The number of aromatic amines is 1. The average molecular weight is 334 g/mol. The quantitative estimate of drug-likeness (QED) is 0.652. The van der Waals surface area contributed by atoms with Crippen molar-refractivity contribution in [3.8, 4) is 5.75 Å². The number of unbranched alkanes of at least 4 members (excludes halogenated alkanes) is 1. The van der Waals surface area contributed by atoms with E-state index in [9.17, 15) is 0 Å². The number of hydrogen-bond donors (Lipinski definition) is 2. The molecule has 0 radical (unpaired) electrons. The lowest BCUT2D eigenvalue weighted by molar-refractivity contribution is 0.309. The van der Waals surface area contributed by atoms with Gasteiger partial charge in [-0.1, -0.05) is 37.1 Å². The second-order valence-electron chi connectivity index (χ2n) is 6.98. The lowest BCUT2D eigenvalue weighted by Gasteiger charge is -2.25. The molecule has 1 aliphatic heterocycles. The molecular formula is C22H26N2O. The molecule has 3 heteroatoms. The van der Waals surface area contributed by atoms with Crippen molar-refractivity contribution in [3.63, 3.8) is 0 Å². The first-order valence-electron chi connectivity index (χ1n) is 9.33. The molecule has 25 heavy (non-hydrogen) atoms. The third-order valence-electron chi connectivity index (χ3n) is 5.06. The van der Waals surface area contributed by atoms with E-state index in [0.717, 1.165) is 38.2 Å². The summed E-state index contributed by atoms with van der Waals surface area (Å²) < 4.78 is 5.90. The summed E-state index contributed by atoms with van der Waals surface area (Å²) in [5.41, 5.74) is 6.57. The zero-order chi connectivity index (χ0) is 17.2. The van der Waals surface area contributed by atoms with Crippen LogP contribution < -0.4 is 10.1 Å². The Hall–Kier alpha value is -2.26. The summed E-state index contributed by atoms with van der Waals surface area (Å²) in [6, 6.07) is 15.4. The van der Waals surface area contributed by atoms with Crippen molar-refractivity contribution in [2.75, 3.05) is 13.2 Å². The first-order valence-corrected chi connectivity index (χ1v) is 9.33. The largest absolute Gasteiger partial charge is 0.494 e. The molecule has 1 aliphatic rings. The number of aryl methyl sites for hydroxylation is 1. The maximum absolute atomic E-state index is 5.90. The van der Waals surface area contributed by atoms with Crippen molar-refractivity contribution in [3.05, 3.63) is 64.8 Å². The van der Waals surface area contributed by atoms with Crippen LogP contribution in [0.3, 0.4) is 0 Å². The Kier molecular flexibility index (Phi) is 4.50. The van der Waals surface area contributed by atoms with Crippen LogP contribution in [0, 0.1) is 6.92 Å². The van der Waals surface area contributed by atoms with E-state index >= 15 is 0 Å². The van der Waals surface area contributed by atoms with Crippen molar-refractivity contribution in [1.82, 2.24) is 10.3 Å². The number of ether oxygens (including phenoxy) is 1. The van der Waals surface area contributed by atoms with Gasteiger partial charge in [-0.3, -0.25) is 0 Å². The Morgan fingerprint density at radius 3 is 2.96 bits per heavy atom. The molecule has 2 N–H and O–H groups in total. The van der Waals surface area contributed by atoms with Gasteiger partial charge >= 0.3 is 0 Å². The minimum atomic E-state index is 0.200. The van der Waals surface area contributed by atoms with E-state index in [2.05, 4.69) is 66.6 Å². The molecule has 3 aromatic rings. The summed E-state index contributed by atoms with van der Waals surface area (Å²) in [5.74, 6) is 0.965. The smallest absolute Gasteiger partial charge is 0.119 e. The van der Waals surface area contributed by atoms with Gasteiger partial charge in [-0.15, -0.1) is 0 Å². The first kappa shape index (κ1) is 16.2. The molecule has 0 saturated carbocycles. The van der Waals surface area contributed by atoms with Crippen molar-refractivity contribution >= 4 is 10.9 Å². The van der Waals surface area contributed by atoms with Gasteiger partial charge < -0.3 is 15.0 Å². The number of aromatic nitrogens is 1. The molecule has 2 heterocycles. The molecule has 1 unspecified atom stereocenters. The van der Waals surface area contributed by atoms with Gasteiger partial charge in [-0.25, -0.2) is 0 Å². The molecule has 0 aliphatic carbocycles. The number of nitrogens with one attached hydrogen (secondary N) is 2. The van der Waals surface area contributed by atoms with E-state index in [0.29, 0.717) is 0 Å². The summed E-state index contributed by atoms with van der Waals surface area (Å²) in [6.07, 6.45) is 3.32. The zero-order valence-corrected chi connectivity index (χ0v) is 15.1. The molecule has 1 aromatic heterocycles. The fourth-order valence-electron chi connectivity index (χ4n) is 3.74. The van der Waals surface area contributed by atoms with Crippen LogP contribution in [0.4, 0.5) is 0 Å². The molecule has 1 atom stereocenters. The normalized spacial score (nSPS) is 16.8. The third kappa shape index (κ3) is 3.16. The monoisotopic (exact) mass is 334 g/mol. The number of hydrogen-bond acceptors (Lipinski definition) is 2. The number of fused-ring (bicyclic) bond motifs is 3. The first-order chi connectivity index (χ1) is 12.3. The Morgan fingerprint density at radius 2 is 2.08 bits per heavy atom. The molecule has 0 spiro atoms. The SMILES string of the molecule is CCCCOc1cccc(C2NCCc3c2[nH]c2ccc(C)cc32)c1. The van der Waals surface area contributed by atoms with Gasteiger partial charge in [-0.05, 0) is 55.2 Å². The van der Waals surface area contributed by atoms with Crippen LogP contribution in [-0.4, -0.2) is 18.1 Å². The van der Waals surface area contributed by atoms with E-state index in [1.165, 1.54) is 33.3 Å². The summed E-state index contributed by atoms with van der Waals surface area (Å²) in [6.45, 7) is 6.13. The molecule has 4 rings (SSSR count). The summed E-state index contributed by atoms with van der Waals surface area (Å²) in [4.78, 5) is 3.66. The maximum atomic E-state index is 5.90. The number of rotatable bonds is 5. The van der Waals surface area contributed by atoms with Gasteiger partial charge in [0.05, 0.1) is 12.6 Å². The van der Waals surface area contributed by atoms with Crippen LogP contribution in [0.1, 0.15) is 48.2 Å². The Balaban J connectivity index is 1.69. The van der Waals surface area contributed by atoms with Crippen molar-refractivity contribution in [2.45, 2.75) is 39.2 Å². The molecule has 130 valence electrons. The van der Waals surface area contributed by atoms with Crippen LogP contribution in [0.15, 0.2) is 42.5 Å². The van der Waals surface area contributed by atoms with Gasteiger partial charge in [0.2, 0.25) is 0 Å².